The van der Waals surface area contributed by atoms with Crippen molar-refractivity contribution in [1.29, 1.82) is 0 Å². The number of fused-ring (bicyclic) bond motifs is 1. The van der Waals surface area contributed by atoms with Crippen LogP contribution in [0.1, 0.15) is 53.3 Å². The number of piperidine rings is 1. The number of terminal acetylenes is 1. The molecule has 1 N–H and O–H groups in total. The normalized spacial score (nSPS) is 18.8. The first kappa shape index (κ1) is 19.2. The average molecular weight is 393 g/mol. The molecular weight excluding hydrogens is 364 g/mol. The summed E-state index contributed by atoms with van der Waals surface area (Å²) in [4.78, 5) is 16.5. The summed E-state index contributed by atoms with van der Waals surface area (Å²) in [6.45, 7) is 2.50. The number of rotatable bonds is 5. The highest BCUT2D eigenvalue weighted by atomic mass is 32.1. The molecule has 3 nitrogen and oxygen atoms in total. The fourth-order valence-corrected chi connectivity index (χ4v) is 5.25. The maximum atomic E-state index is 13.1. The molecule has 1 fully saturated rings. The van der Waals surface area contributed by atoms with Crippen LogP contribution in [0.25, 0.3) is 0 Å². The molecule has 1 aromatic carbocycles. The summed E-state index contributed by atoms with van der Waals surface area (Å²) in [7, 11) is 0. The number of amides is 1. The Labute approximate surface area is 172 Å². The Hall–Kier alpha value is -2.09. The van der Waals surface area contributed by atoms with E-state index in [4.69, 9.17) is 6.42 Å². The molecule has 2 heterocycles. The van der Waals surface area contributed by atoms with Gasteiger partial charge in [0, 0.05) is 10.8 Å². The summed E-state index contributed by atoms with van der Waals surface area (Å²) < 4.78 is 0. The van der Waals surface area contributed by atoms with Gasteiger partial charge in [0.1, 0.15) is 0 Å². The lowest BCUT2D eigenvalue weighted by Crippen LogP contribution is -2.41. The first-order chi connectivity index (χ1) is 13.7. The van der Waals surface area contributed by atoms with Crippen molar-refractivity contribution in [2.45, 2.75) is 44.6 Å². The van der Waals surface area contributed by atoms with Gasteiger partial charge >= 0.3 is 0 Å². The van der Waals surface area contributed by atoms with Crippen molar-refractivity contribution in [2.24, 2.45) is 5.92 Å². The van der Waals surface area contributed by atoms with E-state index >= 15 is 0 Å². The van der Waals surface area contributed by atoms with Gasteiger partial charge in [-0.1, -0.05) is 30.2 Å². The first-order valence-corrected chi connectivity index (χ1v) is 11.2. The zero-order valence-electron chi connectivity index (χ0n) is 16.3. The summed E-state index contributed by atoms with van der Waals surface area (Å²) in [5, 5.41) is 5.46. The number of carbonyl (C=O) groups excluding carboxylic acids is 1. The van der Waals surface area contributed by atoms with Crippen molar-refractivity contribution < 1.29 is 4.79 Å². The van der Waals surface area contributed by atoms with Crippen molar-refractivity contribution in [2.75, 3.05) is 19.6 Å². The van der Waals surface area contributed by atoms with Gasteiger partial charge in [0.05, 0.1) is 12.6 Å². The molecule has 0 bridgehead atoms. The molecule has 1 aliphatic carbocycles. The fourth-order valence-electron chi connectivity index (χ4n) is 4.45. The van der Waals surface area contributed by atoms with Crippen LogP contribution in [0.2, 0.25) is 0 Å². The van der Waals surface area contributed by atoms with Crippen molar-refractivity contribution in [3.05, 3.63) is 57.3 Å². The van der Waals surface area contributed by atoms with Gasteiger partial charge in [0.15, 0.2) is 0 Å². The van der Waals surface area contributed by atoms with E-state index < -0.39 is 0 Å². The van der Waals surface area contributed by atoms with Gasteiger partial charge in [0.2, 0.25) is 5.91 Å². The van der Waals surface area contributed by atoms with Gasteiger partial charge in [-0.15, -0.1) is 17.8 Å². The predicted molar refractivity (Wildman–Crippen MR) is 115 cm³/mol. The number of thiophene rings is 1. The number of likely N-dealkylation sites (tertiary alicyclic amines) is 1. The second-order valence-electron chi connectivity index (χ2n) is 7.95. The Morgan fingerprint density at radius 1 is 1.21 bits per heavy atom. The Kier molecular flexibility index (Phi) is 6.14. The predicted octanol–water partition coefficient (Wildman–Crippen LogP) is 4.18. The Balaban J connectivity index is 1.50. The van der Waals surface area contributed by atoms with Crippen LogP contribution in [-0.2, 0) is 17.6 Å². The largest absolute Gasteiger partial charge is 0.344 e. The lowest BCUT2D eigenvalue weighted by atomic mass is 9.88. The van der Waals surface area contributed by atoms with E-state index in [0.717, 1.165) is 32.4 Å². The van der Waals surface area contributed by atoms with Crippen molar-refractivity contribution in [1.82, 2.24) is 10.2 Å². The number of benzene rings is 1. The molecular formula is C24H28N2OS. The molecule has 1 unspecified atom stereocenters. The summed E-state index contributed by atoms with van der Waals surface area (Å²) >= 11 is 1.71. The van der Waals surface area contributed by atoms with Crippen LogP contribution in [-0.4, -0.2) is 30.4 Å². The van der Waals surface area contributed by atoms with Gasteiger partial charge < -0.3 is 5.32 Å². The summed E-state index contributed by atoms with van der Waals surface area (Å²) in [5.41, 5.74) is 4.15. The van der Waals surface area contributed by atoms with Crippen LogP contribution in [0.3, 0.4) is 0 Å². The SMILES string of the molecule is C#CCN1CCC(C(=O)NC(c2ccc3c(c2)CCCC3)c2cccs2)CC1. The topological polar surface area (TPSA) is 32.3 Å². The molecule has 4 heteroatoms. The van der Waals surface area contributed by atoms with E-state index in [1.165, 1.54) is 40.8 Å². The standard InChI is InChI=1S/C24H28N2OS/c1-2-13-26-14-11-19(12-15-26)24(27)25-23(22-8-5-16-28-22)21-10-9-18-6-3-4-7-20(18)17-21/h1,5,8-10,16-17,19,23H,3-4,6-7,11-15H2,(H,25,27). The smallest absolute Gasteiger partial charge is 0.223 e. The van der Waals surface area contributed by atoms with Gasteiger partial charge in [-0.3, -0.25) is 9.69 Å². The Bertz CT molecular complexity index is 844. The lowest BCUT2D eigenvalue weighted by molar-refractivity contribution is -0.126. The summed E-state index contributed by atoms with van der Waals surface area (Å²) in [5.74, 6) is 2.96. The van der Waals surface area contributed by atoms with Crippen molar-refractivity contribution >= 4 is 17.2 Å². The number of carbonyl (C=O) groups is 1. The minimum atomic E-state index is -0.0523. The van der Waals surface area contributed by atoms with Crippen LogP contribution < -0.4 is 5.32 Å². The highest BCUT2D eigenvalue weighted by molar-refractivity contribution is 7.10. The summed E-state index contributed by atoms with van der Waals surface area (Å²) in [6.07, 6.45) is 12.1. The van der Waals surface area contributed by atoms with E-state index in [1.54, 1.807) is 11.3 Å². The number of aryl methyl sites for hydroxylation is 2. The summed E-state index contributed by atoms with van der Waals surface area (Å²) in [6, 6.07) is 11.0. The van der Waals surface area contributed by atoms with Crippen LogP contribution >= 0.6 is 11.3 Å². The highest BCUT2D eigenvalue weighted by Gasteiger charge is 2.28. The van der Waals surface area contributed by atoms with Gasteiger partial charge in [-0.05, 0) is 79.8 Å². The molecule has 2 aromatic rings. The minimum absolute atomic E-state index is 0.0523. The number of nitrogens with zero attached hydrogens (tertiary/aromatic N) is 1. The third kappa shape index (κ3) is 4.32. The Morgan fingerprint density at radius 3 is 2.71 bits per heavy atom. The fraction of sp³-hybridized carbons (Fsp3) is 0.458. The quantitative estimate of drug-likeness (QED) is 0.775. The van der Waals surface area contributed by atoms with E-state index in [9.17, 15) is 4.79 Å². The number of hydrogen-bond acceptors (Lipinski definition) is 3. The number of hydrogen-bond donors (Lipinski definition) is 1. The molecule has 1 amide bonds. The lowest BCUT2D eigenvalue weighted by Gasteiger charge is -2.31. The molecule has 0 saturated carbocycles. The third-order valence-electron chi connectivity index (χ3n) is 6.09. The second kappa shape index (κ2) is 8.94. The molecule has 1 saturated heterocycles. The third-order valence-corrected chi connectivity index (χ3v) is 7.03. The van der Waals surface area contributed by atoms with Crippen molar-refractivity contribution in [3.8, 4) is 12.3 Å². The molecule has 1 aromatic heterocycles. The molecule has 4 rings (SSSR count). The minimum Gasteiger partial charge on any atom is -0.344 e. The van der Waals surface area contributed by atoms with Crippen LogP contribution in [0.5, 0.6) is 0 Å². The molecule has 0 radical (unpaired) electrons. The zero-order valence-corrected chi connectivity index (χ0v) is 17.1. The molecule has 2 aliphatic rings. The first-order valence-electron chi connectivity index (χ1n) is 10.4. The van der Waals surface area contributed by atoms with E-state index in [2.05, 4.69) is 51.8 Å². The maximum Gasteiger partial charge on any atom is 0.223 e. The molecule has 28 heavy (non-hydrogen) atoms. The van der Waals surface area contributed by atoms with Crippen LogP contribution in [0.15, 0.2) is 35.7 Å². The van der Waals surface area contributed by atoms with Crippen LogP contribution in [0.4, 0.5) is 0 Å². The van der Waals surface area contributed by atoms with Gasteiger partial charge in [-0.2, -0.15) is 0 Å². The molecule has 0 spiro atoms. The maximum absolute atomic E-state index is 13.1. The van der Waals surface area contributed by atoms with E-state index in [-0.39, 0.29) is 17.9 Å². The second-order valence-corrected chi connectivity index (χ2v) is 8.93. The van der Waals surface area contributed by atoms with Crippen molar-refractivity contribution in [3.63, 3.8) is 0 Å². The van der Waals surface area contributed by atoms with Crippen LogP contribution in [0, 0.1) is 18.3 Å². The van der Waals surface area contributed by atoms with E-state index in [1.807, 2.05) is 0 Å². The highest BCUT2D eigenvalue weighted by Crippen LogP contribution is 2.31. The number of nitrogens with one attached hydrogen (secondary N) is 1. The van der Waals surface area contributed by atoms with Gasteiger partial charge in [0.25, 0.3) is 0 Å². The molecule has 1 atom stereocenters. The average Bonchev–Trinajstić information content (AvgIpc) is 3.27. The van der Waals surface area contributed by atoms with Gasteiger partial charge in [-0.25, -0.2) is 0 Å². The molecule has 146 valence electrons. The van der Waals surface area contributed by atoms with E-state index in [0.29, 0.717) is 6.54 Å². The monoisotopic (exact) mass is 392 g/mol. The molecule has 1 aliphatic heterocycles. The Morgan fingerprint density at radius 2 is 2.00 bits per heavy atom. The zero-order chi connectivity index (χ0) is 19.3.